The highest BCUT2D eigenvalue weighted by atomic mass is 79.9. The Labute approximate surface area is 134 Å². The van der Waals surface area contributed by atoms with Crippen LogP contribution in [-0.4, -0.2) is 39.5 Å². The van der Waals surface area contributed by atoms with Crippen molar-refractivity contribution in [3.05, 3.63) is 27.7 Å². The number of aryl methyl sites for hydroxylation is 1. The molecule has 1 aliphatic rings. The first-order valence-electron chi connectivity index (χ1n) is 6.88. The van der Waals surface area contributed by atoms with Crippen LogP contribution in [-0.2, 0) is 21.3 Å². The van der Waals surface area contributed by atoms with E-state index in [1.165, 1.54) is 4.31 Å². The van der Waals surface area contributed by atoms with E-state index >= 15 is 0 Å². The van der Waals surface area contributed by atoms with Crippen molar-refractivity contribution >= 4 is 26.0 Å². The molecule has 1 aromatic carbocycles. The van der Waals surface area contributed by atoms with Crippen LogP contribution in [0.1, 0.15) is 17.5 Å². The molecule has 1 heterocycles. The van der Waals surface area contributed by atoms with E-state index in [1.54, 1.807) is 13.2 Å². The summed E-state index contributed by atoms with van der Waals surface area (Å²) in [5, 5.41) is 0. The van der Waals surface area contributed by atoms with Crippen molar-refractivity contribution < 1.29 is 13.2 Å². The first-order valence-corrected chi connectivity index (χ1v) is 9.11. The van der Waals surface area contributed by atoms with E-state index in [0.29, 0.717) is 35.6 Å². The van der Waals surface area contributed by atoms with Crippen LogP contribution < -0.4 is 5.73 Å². The Bertz CT molecular complexity index is 619. The summed E-state index contributed by atoms with van der Waals surface area (Å²) in [6, 6.07) is 3.57. The van der Waals surface area contributed by atoms with Gasteiger partial charge in [0.05, 0.1) is 11.5 Å². The highest BCUT2D eigenvalue weighted by molar-refractivity contribution is 9.10. The number of sulfonamides is 1. The van der Waals surface area contributed by atoms with Gasteiger partial charge in [0.25, 0.3) is 0 Å². The maximum atomic E-state index is 12.8. The second kappa shape index (κ2) is 6.75. The standard InChI is InChI=1S/C14H21BrN2O3S/c1-10-5-12(7-16)6-13(14(10)15)21(18,19)17-4-3-11(8-17)9-20-2/h5-6,11H,3-4,7-9,16H2,1-2H3. The van der Waals surface area contributed by atoms with Crippen LogP contribution in [0.2, 0.25) is 0 Å². The highest BCUT2D eigenvalue weighted by Gasteiger charge is 2.34. The Kier molecular flexibility index (Phi) is 5.43. The van der Waals surface area contributed by atoms with E-state index < -0.39 is 10.0 Å². The largest absolute Gasteiger partial charge is 0.384 e. The molecule has 21 heavy (non-hydrogen) atoms. The van der Waals surface area contributed by atoms with Gasteiger partial charge in [-0.3, -0.25) is 0 Å². The smallest absolute Gasteiger partial charge is 0.244 e. The molecule has 1 atom stereocenters. The lowest BCUT2D eigenvalue weighted by atomic mass is 10.1. The first-order chi connectivity index (χ1) is 9.90. The van der Waals surface area contributed by atoms with E-state index in [2.05, 4.69) is 15.9 Å². The van der Waals surface area contributed by atoms with Crippen LogP contribution in [0, 0.1) is 12.8 Å². The van der Waals surface area contributed by atoms with Crippen LogP contribution in [0.3, 0.4) is 0 Å². The summed E-state index contributed by atoms with van der Waals surface area (Å²) in [7, 11) is -1.86. The van der Waals surface area contributed by atoms with Gasteiger partial charge in [-0.15, -0.1) is 0 Å². The lowest BCUT2D eigenvalue weighted by molar-refractivity contribution is 0.157. The summed E-state index contributed by atoms with van der Waals surface area (Å²) in [4.78, 5) is 0.306. The van der Waals surface area contributed by atoms with Gasteiger partial charge >= 0.3 is 0 Å². The van der Waals surface area contributed by atoms with Gasteiger partial charge in [0, 0.05) is 31.2 Å². The molecule has 118 valence electrons. The van der Waals surface area contributed by atoms with Crippen LogP contribution in [0.4, 0.5) is 0 Å². The number of ether oxygens (including phenoxy) is 1. The lowest BCUT2D eigenvalue weighted by Crippen LogP contribution is -2.30. The van der Waals surface area contributed by atoms with Crippen molar-refractivity contribution in [2.45, 2.75) is 24.8 Å². The fourth-order valence-electron chi connectivity index (χ4n) is 2.64. The molecule has 7 heteroatoms. The van der Waals surface area contributed by atoms with Crippen LogP contribution in [0.25, 0.3) is 0 Å². The third kappa shape index (κ3) is 3.48. The molecule has 0 aliphatic carbocycles. The van der Waals surface area contributed by atoms with E-state index in [0.717, 1.165) is 17.5 Å². The van der Waals surface area contributed by atoms with Crippen molar-refractivity contribution in [1.82, 2.24) is 4.31 Å². The number of hydrogen-bond donors (Lipinski definition) is 1. The Morgan fingerprint density at radius 1 is 1.48 bits per heavy atom. The van der Waals surface area contributed by atoms with Gasteiger partial charge in [0.2, 0.25) is 10.0 Å². The number of rotatable bonds is 5. The van der Waals surface area contributed by atoms with Gasteiger partial charge in [0.1, 0.15) is 0 Å². The summed E-state index contributed by atoms with van der Waals surface area (Å²) in [6.45, 7) is 3.83. The number of methoxy groups -OCH3 is 1. The first kappa shape index (κ1) is 16.9. The van der Waals surface area contributed by atoms with Gasteiger partial charge in [0.15, 0.2) is 0 Å². The van der Waals surface area contributed by atoms with Crippen molar-refractivity contribution in [3.8, 4) is 0 Å². The van der Waals surface area contributed by atoms with Gasteiger partial charge in [-0.25, -0.2) is 8.42 Å². The van der Waals surface area contributed by atoms with E-state index in [9.17, 15) is 8.42 Å². The van der Waals surface area contributed by atoms with Crippen molar-refractivity contribution in [2.24, 2.45) is 11.7 Å². The van der Waals surface area contributed by atoms with Gasteiger partial charge < -0.3 is 10.5 Å². The third-order valence-corrected chi connectivity index (χ3v) is 6.99. The zero-order chi connectivity index (χ0) is 15.6. The molecule has 1 aromatic rings. The third-order valence-electron chi connectivity index (χ3n) is 3.79. The summed E-state index contributed by atoms with van der Waals surface area (Å²) < 4.78 is 33.0. The molecule has 0 aromatic heterocycles. The average Bonchev–Trinajstić information content (AvgIpc) is 2.91. The predicted octanol–water partition coefficient (Wildman–Crippen LogP) is 1.87. The zero-order valence-corrected chi connectivity index (χ0v) is 14.7. The zero-order valence-electron chi connectivity index (χ0n) is 12.3. The summed E-state index contributed by atoms with van der Waals surface area (Å²) in [5.74, 6) is 0.266. The van der Waals surface area contributed by atoms with Gasteiger partial charge in [-0.05, 0) is 52.4 Å². The molecule has 1 aliphatic heterocycles. The fourth-order valence-corrected chi connectivity index (χ4v) is 5.20. The molecule has 1 fully saturated rings. The van der Waals surface area contributed by atoms with Crippen molar-refractivity contribution in [1.29, 1.82) is 0 Å². The summed E-state index contributed by atoms with van der Waals surface area (Å²) in [5.41, 5.74) is 7.36. The molecule has 1 unspecified atom stereocenters. The quantitative estimate of drug-likeness (QED) is 0.851. The Morgan fingerprint density at radius 2 is 2.19 bits per heavy atom. The summed E-state index contributed by atoms with van der Waals surface area (Å²) in [6.07, 6.45) is 0.834. The minimum atomic E-state index is -3.50. The lowest BCUT2D eigenvalue weighted by Gasteiger charge is -2.19. The molecule has 2 rings (SSSR count). The topological polar surface area (TPSA) is 72.6 Å². The number of halogens is 1. The predicted molar refractivity (Wildman–Crippen MR) is 85.5 cm³/mol. The van der Waals surface area contributed by atoms with E-state index in [4.69, 9.17) is 10.5 Å². The second-order valence-corrected chi connectivity index (χ2v) is 8.10. The number of nitrogens with two attached hydrogens (primary N) is 1. The maximum Gasteiger partial charge on any atom is 0.244 e. The van der Waals surface area contributed by atoms with E-state index in [-0.39, 0.29) is 5.92 Å². The van der Waals surface area contributed by atoms with Crippen LogP contribution in [0.5, 0.6) is 0 Å². The Hall–Kier alpha value is -0.470. The minimum absolute atomic E-state index is 0.266. The molecular weight excluding hydrogens is 356 g/mol. The van der Waals surface area contributed by atoms with Gasteiger partial charge in [-0.1, -0.05) is 6.07 Å². The molecule has 0 radical (unpaired) electrons. The highest BCUT2D eigenvalue weighted by Crippen LogP contribution is 2.32. The molecular formula is C14H21BrN2O3S. The van der Waals surface area contributed by atoms with Crippen LogP contribution in [0.15, 0.2) is 21.5 Å². The molecule has 0 spiro atoms. The van der Waals surface area contributed by atoms with E-state index in [1.807, 2.05) is 13.0 Å². The molecule has 5 nitrogen and oxygen atoms in total. The van der Waals surface area contributed by atoms with Gasteiger partial charge in [-0.2, -0.15) is 4.31 Å². The van der Waals surface area contributed by atoms with Crippen molar-refractivity contribution in [3.63, 3.8) is 0 Å². The maximum absolute atomic E-state index is 12.8. The molecule has 1 saturated heterocycles. The Balaban J connectivity index is 2.34. The SMILES string of the molecule is COCC1CCN(S(=O)(=O)c2cc(CN)cc(C)c2Br)C1. The number of benzene rings is 1. The number of nitrogens with zero attached hydrogens (tertiary/aromatic N) is 1. The number of hydrogen-bond acceptors (Lipinski definition) is 4. The monoisotopic (exact) mass is 376 g/mol. The second-order valence-electron chi connectivity index (χ2n) is 5.40. The summed E-state index contributed by atoms with van der Waals surface area (Å²) >= 11 is 3.40. The molecule has 0 bridgehead atoms. The average molecular weight is 377 g/mol. The minimum Gasteiger partial charge on any atom is -0.384 e. The Morgan fingerprint density at radius 3 is 2.81 bits per heavy atom. The molecule has 2 N–H and O–H groups in total. The molecule has 0 amide bonds. The van der Waals surface area contributed by atoms with Crippen molar-refractivity contribution in [2.75, 3.05) is 26.8 Å². The van der Waals surface area contributed by atoms with Crippen LogP contribution >= 0.6 is 15.9 Å². The fraction of sp³-hybridized carbons (Fsp3) is 0.571. The molecule has 0 saturated carbocycles. The normalized spacial score (nSPS) is 20.1.